The summed E-state index contributed by atoms with van der Waals surface area (Å²) in [4.78, 5) is 20.3. The molecule has 1 aliphatic rings. The summed E-state index contributed by atoms with van der Waals surface area (Å²) in [7, 11) is 3.44. The van der Waals surface area contributed by atoms with Gasteiger partial charge in [-0.1, -0.05) is 12.1 Å². The average molecular weight is 408 g/mol. The lowest BCUT2D eigenvalue weighted by molar-refractivity contribution is -0.137. The Morgan fingerprint density at radius 1 is 1.24 bits per heavy atom. The highest BCUT2D eigenvalue weighted by molar-refractivity contribution is 5.98. The van der Waals surface area contributed by atoms with E-state index >= 15 is 0 Å². The molecule has 156 valence electrons. The number of halogens is 3. The van der Waals surface area contributed by atoms with Crippen LogP contribution in [0.15, 0.2) is 41.7 Å². The molecule has 0 unspecified atom stereocenters. The summed E-state index contributed by atoms with van der Waals surface area (Å²) in [6.45, 7) is 1.81. The van der Waals surface area contributed by atoms with Gasteiger partial charge in [0.05, 0.1) is 17.4 Å². The van der Waals surface area contributed by atoms with Crippen molar-refractivity contribution in [3.8, 4) is 0 Å². The molecule has 3 rings (SSSR count). The molecule has 2 heterocycles. The van der Waals surface area contributed by atoms with Crippen LogP contribution >= 0.6 is 0 Å². The average Bonchev–Trinajstić information content (AvgIpc) is 3.11. The molecule has 0 atom stereocenters. The Morgan fingerprint density at radius 2 is 1.97 bits per heavy atom. The number of carbonyl (C=O) groups excluding carboxylic acids is 1. The maximum Gasteiger partial charge on any atom is 0.416 e. The Morgan fingerprint density at radius 3 is 2.52 bits per heavy atom. The second kappa shape index (κ2) is 8.54. The van der Waals surface area contributed by atoms with E-state index in [0.717, 1.165) is 23.4 Å². The van der Waals surface area contributed by atoms with Crippen molar-refractivity contribution in [3.05, 3.63) is 47.8 Å². The van der Waals surface area contributed by atoms with Crippen LogP contribution in [0.2, 0.25) is 0 Å². The lowest BCUT2D eigenvalue weighted by Crippen LogP contribution is -2.55. The first-order valence-electron chi connectivity index (χ1n) is 9.18. The number of alkyl halides is 3. The molecular formula is C19H23F3N6O. The Labute approximate surface area is 166 Å². The molecular weight excluding hydrogens is 385 g/mol. The maximum absolute atomic E-state index is 12.6. The summed E-state index contributed by atoms with van der Waals surface area (Å²) in [6.07, 6.45) is -0.334. The van der Waals surface area contributed by atoms with Gasteiger partial charge in [0.2, 0.25) is 5.91 Å². The molecule has 1 aromatic heterocycles. The summed E-state index contributed by atoms with van der Waals surface area (Å²) >= 11 is 0. The second-order valence-corrected chi connectivity index (χ2v) is 6.76. The molecule has 1 aliphatic heterocycles. The van der Waals surface area contributed by atoms with Gasteiger partial charge in [-0.3, -0.25) is 14.5 Å². The van der Waals surface area contributed by atoms with Gasteiger partial charge in [-0.05, 0) is 24.1 Å². The number of rotatable bonds is 4. The molecule has 2 aromatic rings. The molecule has 7 nitrogen and oxygen atoms in total. The molecule has 1 amide bonds. The van der Waals surface area contributed by atoms with Crippen LogP contribution in [0.1, 0.15) is 11.1 Å². The molecule has 0 aliphatic carbocycles. The first-order chi connectivity index (χ1) is 13.8. The summed E-state index contributed by atoms with van der Waals surface area (Å²) in [6, 6.07) is 5.12. The van der Waals surface area contributed by atoms with E-state index in [1.807, 2.05) is 4.90 Å². The Hall–Kier alpha value is -3.04. The van der Waals surface area contributed by atoms with E-state index in [1.165, 1.54) is 12.1 Å². The maximum atomic E-state index is 12.6. The summed E-state index contributed by atoms with van der Waals surface area (Å²) in [5.74, 6) is 0.547. The van der Waals surface area contributed by atoms with Crippen molar-refractivity contribution in [1.29, 1.82) is 0 Å². The zero-order chi connectivity index (χ0) is 21.0. The van der Waals surface area contributed by atoms with E-state index in [1.54, 1.807) is 36.1 Å². The van der Waals surface area contributed by atoms with E-state index < -0.39 is 11.7 Å². The highest BCUT2D eigenvalue weighted by Crippen LogP contribution is 2.29. The molecule has 0 spiro atoms. The number of benzene rings is 1. The number of nitrogens with zero attached hydrogens (tertiary/aromatic N) is 5. The summed E-state index contributed by atoms with van der Waals surface area (Å²) in [5.41, 5.74) is 0.899. The molecule has 1 aromatic carbocycles. The predicted octanol–water partition coefficient (Wildman–Crippen LogP) is 1.91. The first-order valence-corrected chi connectivity index (χ1v) is 9.18. The number of aromatic nitrogens is 2. The van der Waals surface area contributed by atoms with Crippen LogP contribution in [-0.2, 0) is 24.4 Å². The monoisotopic (exact) mass is 408 g/mol. The normalized spacial score (nSPS) is 15.8. The number of nitrogens with one attached hydrogen (secondary N) is 1. The minimum Gasteiger partial charge on any atom is -0.356 e. The number of amides is 1. The number of piperazine rings is 1. The molecule has 29 heavy (non-hydrogen) atoms. The number of guanidine groups is 1. The zero-order valence-corrected chi connectivity index (χ0v) is 16.3. The molecule has 1 fully saturated rings. The number of hydrogen-bond donors (Lipinski definition) is 1. The van der Waals surface area contributed by atoms with Gasteiger partial charge in [-0.25, -0.2) is 0 Å². The number of carbonyl (C=O) groups is 1. The minimum absolute atomic E-state index is 0.0464. The third-order valence-electron chi connectivity index (χ3n) is 4.71. The van der Waals surface area contributed by atoms with Crippen LogP contribution in [-0.4, -0.2) is 59.8 Å². The van der Waals surface area contributed by atoms with Gasteiger partial charge in [0.25, 0.3) is 0 Å². The summed E-state index contributed by atoms with van der Waals surface area (Å²) < 4.78 is 39.5. The van der Waals surface area contributed by atoms with Crippen LogP contribution in [0.4, 0.5) is 18.9 Å². The predicted molar refractivity (Wildman–Crippen MR) is 104 cm³/mol. The smallest absolute Gasteiger partial charge is 0.356 e. The van der Waals surface area contributed by atoms with Crippen LogP contribution in [0.25, 0.3) is 0 Å². The van der Waals surface area contributed by atoms with Crippen molar-refractivity contribution < 1.29 is 18.0 Å². The fourth-order valence-corrected chi connectivity index (χ4v) is 3.19. The van der Waals surface area contributed by atoms with Crippen molar-refractivity contribution in [2.75, 3.05) is 38.1 Å². The number of aliphatic imine (C=N–C) groups is 1. The standard InChI is InChI=1S/C19H23F3N6O/c1-23-18(24-8-7-14-3-5-15(6-4-14)19(20,21)22)27-9-10-28(17(29)13-27)16-11-25-26(2)12-16/h3-6,11-12H,7-10,13H2,1-2H3,(H,23,24). The van der Waals surface area contributed by atoms with Gasteiger partial charge in [-0.2, -0.15) is 18.3 Å². The van der Waals surface area contributed by atoms with E-state index in [4.69, 9.17) is 0 Å². The minimum atomic E-state index is -4.33. The third-order valence-corrected chi connectivity index (χ3v) is 4.71. The first kappa shape index (κ1) is 20.7. The lowest BCUT2D eigenvalue weighted by atomic mass is 10.1. The van der Waals surface area contributed by atoms with Crippen LogP contribution in [0.3, 0.4) is 0 Å². The quantitative estimate of drug-likeness (QED) is 0.620. The van der Waals surface area contributed by atoms with Crippen LogP contribution in [0.5, 0.6) is 0 Å². The number of hydrogen-bond acceptors (Lipinski definition) is 3. The van der Waals surface area contributed by atoms with Gasteiger partial charge in [-0.15, -0.1) is 0 Å². The largest absolute Gasteiger partial charge is 0.416 e. The molecule has 1 N–H and O–H groups in total. The number of anilines is 1. The number of aryl methyl sites for hydroxylation is 1. The van der Waals surface area contributed by atoms with Gasteiger partial charge >= 0.3 is 6.18 Å². The lowest BCUT2D eigenvalue weighted by Gasteiger charge is -2.35. The van der Waals surface area contributed by atoms with Crippen molar-refractivity contribution >= 4 is 17.6 Å². The van der Waals surface area contributed by atoms with Crippen molar-refractivity contribution in [3.63, 3.8) is 0 Å². The van der Waals surface area contributed by atoms with Gasteiger partial charge in [0.1, 0.15) is 6.54 Å². The Bertz CT molecular complexity index is 875. The molecule has 0 radical (unpaired) electrons. The van der Waals surface area contributed by atoms with E-state index in [2.05, 4.69) is 15.4 Å². The zero-order valence-electron chi connectivity index (χ0n) is 16.3. The topological polar surface area (TPSA) is 65.8 Å². The second-order valence-electron chi connectivity index (χ2n) is 6.76. The molecule has 0 bridgehead atoms. The molecule has 10 heteroatoms. The van der Waals surface area contributed by atoms with E-state index in [-0.39, 0.29) is 12.5 Å². The van der Waals surface area contributed by atoms with Crippen LogP contribution < -0.4 is 10.2 Å². The molecule has 0 saturated carbocycles. The van der Waals surface area contributed by atoms with E-state index in [9.17, 15) is 18.0 Å². The van der Waals surface area contributed by atoms with Crippen molar-refractivity contribution in [2.24, 2.45) is 12.0 Å². The molecule has 1 saturated heterocycles. The van der Waals surface area contributed by atoms with Gasteiger partial charge < -0.3 is 15.1 Å². The van der Waals surface area contributed by atoms with Gasteiger partial charge in [0, 0.05) is 39.9 Å². The summed E-state index contributed by atoms with van der Waals surface area (Å²) in [5, 5.41) is 7.27. The highest BCUT2D eigenvalue weighted by Gasteiger charge is 2.30. The fourth-order valence-electron chi connectivity index (χ4n) is 3.19. The SMILES string of the molecule is CN=C(NCCc1ccc(C(F)(F)F)cc1)N1CCN(c2cnn(C)c2)C(=O)C1. The van der Waals surface area contributed by atoms with Crippen molar-refractivity contribution in [2.45, 2.75) is 12.6 Å². The Kier molecular flexibility index (Phi) is 6.09. The third kappa shape index (κ3) is 5.07. The Balaban J connectivity index is 1.51. The van der Waals surface area contributed by atoms with Crippen LogP contribution in [0, 0.1) is 0 Å². The van der Waals surface area contributed by atoms with E-state index in [0.29, 0.717) is 32.0 Å². The highest BCUT2D eigenvalue weighted by atomic mass is 19.4. The van der Waals surface area contributed by atoms with Gasteiger partial charge in [0.15, 0.2) is 5.96 Å². The van der Waals surface area contributed by atoms with Crippen molar-refractivity contribution in [1.82, 2.24) is 20.0 Å². The fraction of sp³-hybridized carbons (Fsp3) is 0.421.